The molecule has 2 heterocycles. The van der Waals surface area contributed by atoms with Crippen LogP contribution in [0.1, 0.15) is 18.4 Å². The van der Waals surface area contributed by atoms with E-state index in [9.17, 15) is 13.2 Å². The van der Waals surface area contributed by atoms with Crippen LogP contribution in [0.2, 0.25) is 5.15 Å². The van der Waals surface area contributed by atoms with E-state index < -0.39 is 9.84 Å². The van der Waals surface area contributed by atoms with E-state index in [-0.39, 0.29) is 30.0 Å². The molecule has 1 amide bonds. The topological polar surface area (TPSA) is 67.3 Å². The van der Waals surface area contributed by atoms with E-state index >= 15 is 0 Å². The summed E-state index contributed by atoms with van der Waals surface area (Å²) in [7, 11) is -3.02. The smallest absolute Gasteiger partial charge is 0.246 e. The minimum atomic E-state index is -3.02. The number of sulfone groups is 1. The lowest BCUT2D eigenvalue weighted by Crippen LogP contribution is -2.51. The number of halogens is 1. The molecule has 0 N–H and O–H groups in total. The van der Waals surface area contributed by atoms with Crippen LogP contribution in [-0.2, 0) is 14.6 Å². The van der Waals surface area contributed by atoms with Crippen molar-refractivity contribution in [2.75, 3.05) is 18.1 Å². The third kappa shape index (κ3) is 3.67. The molecule has 1 atom stereocenters. The predicted molar refractivity (Wildman–Crippen MR) is 85.2 cm³/mol. The van der Waals surface area contributed by atoms with Gasteiger partial charge in [-0.3, -0.25) is 4.79 Å². The number of rotatable bonds is 3. The molecule has 0 radical (unpaired) electrons. The average molecular weight is 341 g/mol. The Morgan fingerprint density at radius 2 is 2.18 bits per heavy atom. The van der Waals surface area contributed by atoms with Crippen LogP contribution in [-0.4, -0.2) is 48.3 Å². The molecule has 1 unspecified atom stereocenters. The van der Waals surface area contributed by atoms with Gasteiger partial charge in [-0.15, -0.1) is 0 Å². The Balaban J connectivity index is 1.73. The molecule has 1 aromatic heterocycles. The van der Waals surface area contributed by atoms with Crippen LogP contribution >= 0.6 is 11.6 Å². The van der Waals surface area contributed by atoms with Crippen molar-refractivity contribution in [3.63, 3.8) is 0 Å². The lowest BCUT2D eigenvalue weighted by molar-refractivity contribution is -0.128. The molecule has 3 rings (SSSR count). The van der Waals surface area contributed by atoms with Crippen molar-refractivity contribution in [3.05, 3.63) is 35.1 Å². The summed E-state index contributed by atoms with van der Waals surface area (Å²) in [6, 6.07) is 3.26. The zero-order valence-electron chi connectivity index (χ0n) is 12.0. The molecular weight excluding hydrogens is 324 g/mol. The van der Waals surface area contributed by atoms with Crippen molar-refractivity contribution in [2.24, 2.45) is 5.92 Å². The summed E-state index contributed by atoms with van der Waals surface area (Å²) in [6.07, 6.45) is 6.76. The molecule has 1 aromatic rings. The largest absolute Gasteiger partial charge is 0.334 e. The summed E-state index contributed by atoms with van der Waals surface area (Å²) in [5, 5.41) is 0.370. The van der Waals surface area contributed by atoms with Gasteiger partial charge in [-0.1, -0.05) is 11.6 Å². The van der Waals surface area contributed by atoms with Crippen molar-refractivity contribution in [3.8, 4) is 0 Å². The van der Waals surface area contributed by atoms with E-state index in [4.69, 9.17) is 11.6 Å². The van der Waals surface area contributed by atoms with Gasteiger partial charge >= 0.3 is 0 Å². The van der Waals surface area contributed by atoms with Crippen LogP contribution in [0, 0.1) is 5.92 Å². The van der Waals surface area contributed by atoms with Gasteiger partial charge in [0, 0.05) is 24.9 Å². The Hall–Kier alpha value is -1.40. The van der Waals surface area contributed by atoms with Gasteiger partial charge < -0.3 is 4.90 Å². The highest BCUT2D eigenvalue weighted by Gasteiger charge is 2.42. The maximum atomic E-state index is 12.4. The number of nitrogens with zero attached hydrogens (tertiary/aromatic N) is 2. The molecule has 1 saturated carbocycles. The van der Waals surface area contributed by atoms with E-state index in [2.05, 4.69) is 4.98 Å². The molecule has 0 spiro atoms. The van der Waals surface area contributed by atoms with Crippen LogP contribution < -0.4 is 0 Å². The second-order valence-electron chi connectivity index (χ2n) is 5.80. The molecule has 1 aliphatic heterocycles. The number of hydrogen-bond acceptors (Lipinski definition) is 4. The number of carbonyl (C=O) groups excluding carboxylic acids is 1. The molecule has 2 fully saturated rings. The monoisotopic (exact) mass is 340 g/mol. The predicted octanol–water partition coefficient (Wildman–Crippen LogP) is 1.78. The van der Waals surface area contributed by atoms with E-state index in [1.54, 1.807) is 29.3 Å². The van der Waals surface area contributed by atoms with Gasteiger partial charge in [-0.2, -0.15) is 0 Å². The molecule has 5 nitrogen and oxygen atoms in total. The number of carbonyl (C=O) groups is 1. The number of hydrogen-bond donors (Lipinski definition) is 0. The standard InChI is InChI=1S/C15H17ClN2O3S/c16-14-9-11(5-6-17-14)1-4-15(19)18-7-8-22(20,21)10-13(18)12-2-3-12/h1,4-6,9,12-13H,2-3,7-8,10H2. The minimum Gasteiger partial charge on any atom is -0.334 e. The summed E-state index contributed by atoms with van der Waals surface area (Å²) in [6.45, 7) is 0.282. The normalized spacial score (nSPS) is 24.6. The number of amides is 1. The Morgan fingerprint density at radius 1 is 1.41 bits per heavy atom. The molecule has 1 saturated heterocycles. The lowest BCUT2D eigenvalue weighted by atomic mass is 10.1. The first kappa shape index (κ1) is 15.5. The summed E-state index contributed by atoms with van der Waals surface area (Å²) in [5.41, 5.74) is 0.793. The van der Waals surface area contributed by atoms with Gasteiger partial charge in [-0.25, -0.2) is 13.4 Å². The van der Waals surface area contributed by atoms with Crippen molar-refractivity contribution in [1.29, 1.82) is 0 Å². The first-order valence-electron chi connectivity index (χ1n) is 7.25. The highest BCUT2D eigenvalue weighted by atomic mass is 35.5. The fraction of sp³-hybridized carbons (Fsp3) is 0.467. The highest BCUT2D eigenvalue weighted by molar-refractivity contribution is 7.91. The average Bonchev–Trinajstić information content (AvgIpc) is 3.28. The van der Waals surface area contributed by atoms with Crippen LogP contribution in [0.4, 0.5) is 0 Å². The van der Waals surface area contributed by atoms with Gasteiger partial charge in [0.15, 0.2) is 9.84 Å². The summed E-state index contributed by atoms with van der Waals surface area (Å²) in [4.78, 5) is 18.0. The summed E-state index contributed by atoms with van der Waals surface area (Å²) < 4.78 is 23.6. The van der Waals surface area contributed by atoms with Gasteiger partial charge in [-0.05, 0) is 42.5 Å². The Labute approximate surface area is 134 Å². The van der Waals surface area contributed by atoms with Crippen molar-refractivity contribution in [2.45, 2.75) is 18.9 Å². The summed E-state index contributed by atoms with van der Waals surface area (Å²) >= 11 is 5.81. The second-order valence-corrected chi connectivity index (χ2v) is 8.41. The molecule has 0 aromatic carbocycles. The maximum absolute atomic E-state index is 12.4. The molecular formula is C15H17ClN2O3S. The molecule has 2 aliphatic rings. The molecule has 118 valence electrons. The minimum absolute atomic E-state index is 0.0525. The van der Waals surface area contributed by atoms with Gasteiger partial charge in [0.1, 0.15) is 5.15 Å². The summed E-state index contributed by atoms with van der Waals surface area (Å²) in [5.74, 6) is 0.345. The zero-order valence-corrected chi connectivity index (χ0v) is 13.6. The first-order chi connectivity index (χ1) is 10.4. The Kier molecular flexibility index (Phi) is 4.23. The van der Waals surface area contributed by atoms with Crippen LogP contribution in [0.5, 0.6) is 0 Å². The molecule has 0 bridgehead atoms. The lowest BCUT2D eigenvalue weighted by Gasteiger charge is -2.35. The second kappa shape index (κ2) is 6.01. The van der Waals surface area contributed by atoms with E-state index in [0.29, 0.717) is 11.1 Å². The third-order valence-corrected chi connectivity index (χ3v) is 5.95. The van der Waals surface area contributed by atoms with Crippen molar-refractivity contribution < 1.29 is 13.2 Å². The van der Waals surface area contributed by atoms with Crippen LogP contribution in [0.3, 0.4) is 0 Å². The fourth-order valence-electron chi connectivity index (χ4n) is 2.77. The van der Waals surface area contributed by atoms with Crippen molar-refractivity contribution in [1.82, 2.24) is 9.88 Å². The van der Waals surface area contributed by atoms with Gasteiger partial charge in [0.2, 0.25) is 5.91 Å². The maximum Gasteiger partial charge on any atom is 0.246 e. The molecule has 7 heteroatoms. The van der Waals surface area contributed by atoms with Gasteiger partial charge in [0.05, 0.1) is 11.5 Å². The van der Waals surface area contributed by atoms with Gasteiger partial charge in [0.25, 0.3) is 0 Å². The van der Waals surface area contributed by atoms with E-state index in [0.717, 1.165) is 18.4 Å². The quantitative estimate of drug-likeness (QED) is 0.621. The Morgan fingerprint density at radius 3 is 2.86 bits per heavy atom. The SMILES string of the molecule is O=C(C=Cc1ccnc(Cl)c1)N1CCS(=O)(=O)CC1C1CC1. The van der Waals surface area contributed by atoms with E-state index in [1.807, 2.05) is 0 Å². The zero-order chi connectivity index (χ0) is 15.7. The highest BCUT2D eigenvalue weighted by Crippen LogP contribution is 2.37. The van der Waals surface area contributed by atoms with Crippen LogP contribution in [0.25, 0.3) is 6.08 Å². The van der Waals surface area contributed by atoms with Crippen LogP contribution in [0.15, 0.2) is 24.4 Å². The van der Waals surface area contributed by atoms with E-state index in [1.165, 1.54) is 6.08 Å². The number of aromatic nitrogens is 1. The third-order valence-electron chi connectivity index (χ3n) is 4.09. The molecule has 22 heavy (non-hydrogen) atoms. The fourth-order valence-corrected chi connectivity index (χ4v) is 4.56. The molecule has 1 aliphatic carbocycles. The van der Waals surface area contributed by atoms with Crippen molar-refractivity contribution >= 4 is 33.4 Å². The Bertz CT molecular complexity index is 713. The number of pyridine rings is 1. The first-order valence-corrected chi connectivity index (χ1v) is 9.45.